The average molecular weight is 344 g/mol. The Labute approximate surface area is 145 Å². The molecule has 0 saturated heterocycles. The Morgan fingerprint density at radius 2 is 1.52 bits per heavy atom. The number of methoxy groups -OCH3 is 2. The Balaban J connectivity index is 2.13. The zero-order valence-corrected chi connectivity index (χ0v) is 14.3. The SMILES string of the molecule is COc1cc(OC)c(NC(=O)COc2ccccc2)cc1NC(C)=O. The minimum absolute atomic E-state index is 0.158. The smallest absolute Gasteiger partial charge is 0.262 e. The highest BCUT2D eigenvalue weighted by atomic mass is 16.5. The van der Waals surface area contributed by atoms with Gasteiger partial charge in [0.05, 0.1) is 25.6 Å². The molecule has 25 heavy (non-hydrogen) atoms. The lowest BCUT2D eigenvalue weighted by atomic mass is 10.2. The maximum Gasteiger partial charge on any atom is 0.262 e. The number of ether oxygens (including phenoxy) is 3. The van der Waals surface area contributed by atoms with Crippen LogP contribution >= 0.6 is 0 Å². The number of carbonyl (C=O) groups excluding carboxylic acids is 2. The quantitative estimate of drug-likeness (QED) is 0.806. The van der Waals surface area contributed by atoms with Crippen molar-refractivity contribution in [2.24, 2.45) is 0 Å². The zero-order valence-electron chi connectivity index (χ0n) is 14.3. The maximum atomic E-state index is 12.1. The largest absolute Gasteiger partial charge is 0.494 e. The van der Waals surface area contributed by atoms with Crippen LogP contribution in [0.25, 0.3) is 0 Å². The van der Waals surface area contributed by atoms with E-state index in [9.17, 15) is 9.59 Å². The van der Waals surface area contributed by atoms with Crippen molar-refractivity contribution in [3.63, 3.8) is 0 Å². The van der Waals surface area contributed by atoms with E-state index in [-0.39, 0.29) is 18.4 Å². The monoisotopic (exact) mass is 344 g/mol. The van der Waals surface area contributed by atoms with E-state index >= 15 is 0 Å². The van der Waals surface area contributed by atoms with Crippen LogP contribution in [0.2, 0.25) is 0 Å². The van der Waals surface area contributed by atoms with E-state index in [1.54, 1.807) is 24.3 Å². The normalized spacial score (nSPS) is 9.88. The molecule has 2 aromatic carbocycles. The number of anilines is 2. The number of rotatable bonds is 7. The molecule has 2 rings (SSSR count). The number of amides is 2. The molecule has 0 unspecified atom stereocenters. The molecule has 0 spiro atoms. The molecule has 0 bridgehead atoms. The Kier molecular flexibility index (Phi) is 6.22. The second kappa shape index (κ2) is 8.58. The van der Waals surface area contributed by atoms with E-state index in [1.807, 2.05) is 18.2 Å². The van der Waals surface area contributed by atoms with Gasteiger partial charge in [-0.2, -0.15) is 0 Å². The van der Waals surface area contributed by atoms with Crippen molar-refractivity contribution in [1.82, 2.24) is 0 Å². The molecule has 0 aliphatic heterocycles. The van der Waals surface area contributed by atoms with Gasteiger partial charge < -0.3 is 24.8 Å². The maximum absolute atomic E-state index is 12.1. The van der Waals surface area contributed by atoms with Crippen LogP contribution < -0.4 is 24.8 Å². The Hall–Kier alpha value is -3.22. The summed E-state index contributed by atoms with van der Waals surface area (Å²) >= 11 is 0. The zero-order chi connectivity index (χ0) is 18.2. The summed E-state index contributed by atoms with van der Waals surface area (Å²) in [4.78, 5) is 23.5. The summed E-state index contributed by atoms with van der Waals surface area (Å²) in [6.45, 7) is 1.23. The van der Waals surface area contributed by atoms with Crippen molar-refractivity contribution < 1.29 is 23.8 Å². The molecule has 0 aromatic heterocycles. The molecule has 0 aliphatic carbocycles. The summed E-state index contributed by atoms with van der Waals surface area (Å²) in [5.41, 5.74) is 0.823. The lowest BCUT2D eigenvalue weighted by Crippen LogP contribution is -2.20. The van der Waals surface area contributed by atoms with Crippen molar-refractivity contribution in [3.8, 4) is 17.2 Å². The van der Waals surface area contributed by atoms with Crippen molar-refractivity contribution in [3.05, 3.63) is 42.5 Å². The molecule has 132 valence electrons. The minimum atomic E-state index is -0.360. The Morgan fingerprint density at radius 3 is 2.08 bits per heavy atom. The molecule has 2 N–H and O–H groups in total. The third kappa shape index (κ3) is 5.13. The van der Waals surface area contributed by atoms with Gasteiger partial charge in [-0.1, -0.05) is 18.2 Å². The van der Waals surface area contributed by atoms with Gasteiger partial charge in [0.15, 0.2) is 6.61 Å². The molecule has 0 fully saturated rings. The van der Waals surface area contributed by atoms with Gasteiger partial charge in [-0.05, 0) is 18.2 Å². The predicted octanol–water partition coefficient (Wildman–Crippen LogP) is 2.68. The molecule has 2 amide bonds. The molecule has 2 aromatic rings. The lowest BCUT2D eigenvalue weighted by molar-refractivity contribution is -0.118. The van der Waals surface area contributed by atoms with Gasteiger partial charge >= 0.3 is 0 Å². The first-order valence-electron chi connectivity index (χ1n) is 7.54. The van der Waals surface area contributed by atoms with Crippen LogP contribution in [0, 0.1) is 0 Å². The number of hydrogen-bond donors (Lipinski definition) is 2. The van der Waals surface area contributed by atoms with Crippen LogP contribution in [0.3, 0.4) is 0 Å². The van der Waals surface area contributed by atoms with Crippen LogP contribution in [0.5, 0.6) is 17.2 Å². The fraction of sp³-hybridized carbons (Fsp3) is 0.222. The summed E-state index contributed by atoms with van der Waals surface area (Å²) in [6.07, 6.45) is 0. The Morgan fingerprint density at radius 1 is 0.920 bits per heavy atom. The first kappa shape index (κ1) is 18.1. The van der Waals surface area contributed by atoms with Crippen molar-refractivity contribution >= 4 is 23.2 Å². The molecule has 0 heterocycles. The van der Waals surface area contributed by atoms with E-state index < -0.39 is 0 Å². The number of para-hydroxylation sites is 1. The molecule has 0 radical (unpaired) electrons. The highest BCUT2D eigenvalue weighted by Gasteiger charge is 2.14. The highest BCUT2D eigenvalue weighted by molar-refractivity contribution is 5.96. The van der Waals surface area contributed by atoms with E-state index in [2.05, 4.69) is 10.6 Å². The molecular weight excluding hydrogens is 324 g/mol. The van der Waals surface area contributed by atoms with Gasteiger partial charge in [-0.25, -0.2) is 0 Å². The fourth-order valence-corrected chi connectivity index (χ4v) is 2.14. The highest BCUT2D eigenvalue weighted by Crippen LogP contribution is 2.36. The molecule has 0 aliphatic rings. The summed E-state index contributed by atoms with van der Waals surface area (Å²) < 4.78 is 15.9. The number of hydrogen-bond acceptors (Lipinski definition) is 5. The number of carbonyl (C=O) groups is 2. The third-order valence-corrected chi connectivity index (χ3v) is 3.22. The van der Waals surface area contributed by atoms with Gasteiger partial charge in [0, 0.05) is 13.0 Å². The van der Waals surface area contributed by atoms with Gasteiger partial charge in [0.25, 0.3) is 5.91 Å². The second-order valence-electron chi connectivity index (χ2n) is 5.08. The molecule has 7 heteroatoms. The van der Waals surface area contributed by atoms with Crippen molar-refractivity contribution in [2.75, 3.05) is 31.5 Å². The Bertz CT molecular complexity index is 747. The van der Waals surface area contributed by atoms with E-state index in [4.69, 9.17) is 14.2 Å². The van der Waals surface area contributed by atoms with Gasteiger partial charge in [0.2, 0.25) is 5.91 Å². The molecule has 0 saturated carbocycles. The number of nitrogens with one attached hydrogen (secondary N) is 2. The molecule has 0 atom stereocenters. The number of benzene rings is 2. The van der Waals surface area contributed by atoms with Gasteiger partial charge in [-0.3, -0.25) is 9.59 Å². The second-order valence-corrected chi connectivity index (χ2v) is 5.08. The summed E-state index contributed by atoms with van der Waals surface area (Å²) in [7, 11) is 2.95. The average Bonchev–Trinajstić information content (AvgIpc) is 2.60. The summed E-state index contributed by atoms with van der Waals surface area (Å²) in [6, 6.07) is 12.2. The van der Waals surface area contributed by atoms with E-state index in [0.717, 1.165) is 0 Å². The van der Waals surface area contributed by atoms with Crippen LogP contribution in [0.4, 0.5) is 11.4 Å². The first-order valence-corrected chi connectivity index (χ1v) is 7.54. The van der Waals surface area contributed by atoms with Crippen LogP contribution in [-0.2, 0) is 9.59 Å². The molecular formula is C18H20N2O5. The predicted molar refractivity (Wildman–Crippen MR) is 94.4 cm³/mol. The van der Waals surface area contributed by atoms with Crippen LogP contribution in [0.15, 0.2) is 42.5 Å². The standard InChI is InChI=1S/C18H20N2O5/c1-12(21)19-14-9-15(17(24-3)10-16(14)23-2)20-18(22)11-25-13-7-5-4-6-8-13/h4-10H,11H2,1-3H3,(H,19,21)(H,20,22). The lowest BCUT2D eigenvalue weighted by Gasteiger charge is -2.16. The minimum Gasteiger partial charge on any atom is -0.494 e. The first-order chi connectivity index (χ1) is 12.0. The van der Waals surface area contributed by atoms with Gasteiger partial charge in [0.1, 0.15) is 17.2 Å². The van der Waals surface area contributed by atoms with Crippen molar-refractivity contribution in [2.45, 2.75) is 6.92 Å². The van der Waals surface area contributed by atoms with Crippen LogP contribution in [0.1, 0.15) is 6.92 Å². The van der Waals surface area contributed by atoms with E-state index in [0.29, 0.717) is 28.6 Å². The summed E-state index contributed by atoms with van der Waals surface area (Å²) in [5.74, 6) is 0.803. The fourth-order valence-electron chi connectivity index (χ4n) is 2.14. The van der Waals surface area contributed by atoms with Crippen LogP contribution in [-0.4, -0.2) is 32.6 Å². The molecule has 7 nitrogen and oxygen atoms in total. The summed E-state index contributed by atoms with van der Waals surface area (Å²) in [5, 5.41) is 5.35. The van der Waals surface area contributed by atoms with Crippen molar-refractivity contribution in [1.29, 1.82) is 0 Å². The van der Waals surface area contributed by atoms with Gasteiger partial charge in [-0.15, -0.1) is 0 Å². The third-order valence-electron chi connectivity index (χ3n) is 3.22. The topological polar surface area (TPSA) is 85.9 Å². The van der Waals surface area contributed by atoms with E-state index in [1.165, 1.54) is 21.1 Å².